The lowest BCUT2D eigenvalue weighted by atomic mass is 10.3. The van der Waals surface area contributed by atoms with Gasteiger partial charge in [0, 0.05) is 4.90 Å². The Bertz CT molecular complexity index is 460. The van der Waals surface area contributed by atoms with E-state index in [-0.39, 0.29) is 0 Å². The van der Waals surface area contributed by atoms with Gasteiger partial charge in [-0.25, -0.2) is 10.2 Å². The number of thioether (sulfide) groups is 1. The van der Waals surface area contributed by atoms with Crippen LogP contribution < -0.4 is 0 Å². The summed E-state index contributed by atoms with van der Waals surface area (Å²) in [5.74, 6) is 0. The molecular weight excluding hydrogens is 236 g/mol. The lowest BCUT2D eigenvalue weighted by Crippen LogP contribution is -1.78. The summed E-state index contributed by atoms with van der Waals surface area (Å²) in [7, 11) is 0. The van der Waals surface area contributed by atoms with Gasteiger partial charge in [-0.05, 0) is 24.5 Å². The molecule has 5 nitrogen and oxygen atoms in total. The lowest BCUT2D eigenvalue weighted by molar-refractivity contribution is -0.432. The van der Waals surface area contributed by atoms with Crippen molar-refractivity contribution in [2.75, 3.05) is 6.26 Å². The maximum atomic E-state index is 8.01. The standard InChI is InChI=1S/C8H8N2O3S2/c1-14-8-9-6-3-2-5(15-13-12-11)4-7(6)10-8/h2-4,11H,1H3,(H,9,10). The molecule has 0 radical (unpaired) electrons. The second-order valence-corrected chi connectivity index (χ2v) is 4.22. The van der Waals surface area contributed by atoms with E-state index in [9.17, 15) is 0 Å². The van der Waals surface area contributed by atoms with Gasteiger partial charge in [-0.15, -0.1) is 4.33 Å². The number of nitrogens with one attached hydrogen (secondary N) is 1. The molecule has 0 aliphatic carbocycles. The molecule has 2 rings (SSSR count). The first-order chi connectivity index (χ1) is 7.33. The van der Waals surface area contributed by atoms with Gasteiger partial charge in [-0.2, -0.15) is 0 Å². The molecule has 0 spiro atoms. The molecule has 2 N–H and O–H groups in total. The summed E-state index contributed by atoms with van der Waals surface area (Å²) in [5.41, 5.74) is 1.82. The van der Waals surface area contributed by atoms with Crippen LogP contribution in [-0.4, -0.2) is 21.5 Å². The Labute approximate surface area is 94.2 Å². The molecule has 0 fully saturated rings. The van der Waals surface area contributed by atoms with Gasteiger partial charge in [0.25, 0.3) is 0 Å². The Morgan fingerprint density at radius 2 is 2.33 bits per heavy atom. The van der Waals surface area contributed by atoms with Crippen LogP contribution in [0, 0.1) is 0 Å². The Morgan fingerprint density at radius 3 is 3.07 bits per heavy atom. The number of aromatic nitrogens is 2. The van der Waals surface area contributed by atoms with Crippen molar-refractivity contribution in [2.24, 2.45) is 0 Å². The summed E-state index contributed by atoms with van der Waals surface area (Å²) in [6.07, 6.45) is 1.95. The summed E-state index contributed by atoms with van der Waals surface area (Å²) >= 11 is 2.47. The average molecular weight is 244 g/mol. The number of aromatic amines is 1. The maximum Gasteiger partial charge on any atom is 0.166 e. The maximum absolute atomic E-state index is 8.01. The molecule has 0 unspecified atom stereocenters. The summed E-state index contributed by atoms with van der Waals surface area (Å²) in [5, 5.41) is 12.4. The SMILES string of the molecule is CSc1nc2cc(SOOO)ccc2[nH]1. The molecule has 0 bridgehead atoms. The predicted molar refractivity (Wildman–Crippen MR) is 58.5 cm³/mol. The first-order valence-electron chi connectivity index (χ1n) is 4.02. The van der Waals surface area contributed by atoms with Gasteiger partial charge in [0.2, 0.25) is 0 Å². The van der Waals surface area contributed by atoms with Crippen LogP contribution in [0.5, 0.6) is 0 Å². The Kier molecular flexibility index (Phi) is 3.49. The number of rotatable bonds is 4. The molecule has 1 aromatic heterocycles. The van der Waals surface area contributed by atoms with Gasteiger partial charge < -0.3 is 4.98 Å². The zero-order chi connectivity index (χ0) is 10.7. The summed E-state index contributed by atoms with van der Waals surface area (Å²) in [4.78, 5) is 8.29. The average Bonchev–Trinajstić information content (AvgIpc) is 2.68. The van der Waals surface area contributed by atoms with E-state index in [1.807, 2.05) is 24.5 Å². The largest absolute Gasteiger partial charge is 0.333 e. The van der Waals surface area contributed by atoms with E-state index in [1.165, 1.54) is 0 Å². The second kappa shape index (κ2) is 4.86. The highest BCUT2D eigenvalue weighted by Crippen LogP contribution is 2.24. The predicted octanol–water partition coefficient (Wildman–Crippen LogP) is 2.71. The fourth-order valence-electron chi connectivity index (χ4n) is 1.17. The number of fused-ring (bicyclic) bond motifs is 1. The van der Waals surface area contributed by atoms with Crippen LogP contribution in [0.25, 0.3) is 11.0 Å². The number of imidazole rings is 1. The quantitative estimate of drug-likeness (QED) is 0.373. The smallest absolute Gasteiger partial charge is 0.166 e. The Hall–Kier alpha value is -0.730. The van der Waals surface area contributed by atoms with E-state index in [4.69, 9.17) is 5.26 Å². The third-order valence-corrected chi connectivity index (χ3v) is 2.94. The van der Waals surface area contributed by atoms with E-state index < -0.39 is 0 Å². The molecule has 1 heterocycles. The van der Waals surface area contributed by atoms with Crippen LogP contribution in [-0.2, 0) is 9.37 Å². The van der Waals surface area contributed by atoms with Crippen LogP contribution in [0.2, 0.25) is 0 Å². The van der Waals surface area contributed by atoms with Crippen molar-refractivity contribution in [1.29, 1.82) is 0 Å². The molecule has 0 aliphatic heterocycles. The van der Waals surface area contributed by atoms with Crippen LogP contribution in [0.4, 0.5) is 0 Å². The summed E-state index contributed by atoms with van der Waals surface area (Å²) in [6, 6.07) is 5.58. The van der Waals surface area contributed by atoms with E-state index in [0.717, 1.165) is 33.1 Å². The Morgan fingerprint density at radius 1 is 1.47 bits per heavy atom. The minimum atomic E-state index is 0.802. The number of nitrogens with zero attached hydrogens (tertiary/aromatic N) is 1. The van der Waals surface area contributed by atoms with Crippen molar-refractivity contribution in [3.8, 4) is 0 Å². The molecule has 2 aromatic rings. The molecule has 7 heteroatoms. The van der Waals surface area contributed by atoms with E-state index in [2.05, 4.69) is 19.3 Å². The van der Waals surface area contributed by atoms with Gasteiger partial charge in [-0.3, -0.25) is 0 Å². The van der Waals surface area contributed by atoms with Crippen molar-refractivity contribution < 1.29 is 14.6 Å². The topological polar surface area (TPSA) is 67.4 Å². The molecule has 15 heavy (non-hydrogen) atoms. The van der Waals surface area contributed by atoms with Crippen molar-refractivity contribution in [3.63, 3.8) is 0 Å². The van der Waals surface area contributed by atoms with Crippen LogP contribution in [0.3, 0.4) is 0 Å². The van der Waals surface area contributed by atoms with Crippen molar-refractivity contribution >= 4 is 34.8 Å². The van der Waals surface area contributed by atoms with E-state index in [0.29, 0.717) is 0 Å². The first-order valence-corrected chi connectivity index (χ1v) is 5.98. The first kappa shape index (κ1) is 10.8. The van der Waals surface area contributed by atoms with Crippen LogP contribution in [0.15, 0.2) is 28.3 Å². The summed E-state index contributed by atoms with van der Waals surface area (Å²) in [6.45, 7) is 0. The highest BCUT2D eigenvalue weighted by molar-refractivity contribution is 7.98. The van der Waals surface area contributed by atoms with E-state index in [1.54, 1.807) is 11.8 Å². The fraction of sp³-hybridized carbons (Fsp3) is 0.125. The molecule has 0 atom stereocenters. The molecule has 0 aliphatic rings. The van der Waals surface area contributed by atoms with Crippen molar-refractivity contribution in [2.45, 2.75) is 10.1 Å². The lowest BCUT2D eigenvalue weighted by Gasteiger charge is -1.96. The van der Waals surface area contributed by atoms with Gasteiger partial charge in [0.05, 0.1) is 23.1 Å². The van der Waals surface area contributed by atoms with Crippen LogP contribution >= 0.6 is 23.8 Å². The van der Waals surface area contributed by atoms with Crippen LogP contribution in [0.1, 0.15) is 0 Å². The molecule has 0 saturated carbocycles. The minimum absolute atomic E-state index is 0.802. The third kappa shape index (κ3) is 2.44. The monoisotopic (exact) mass is 244 g/mol. The highest BCUT2D eigenvalue weighted by Gasteiger charge is 2.03. The molecule has 0 saturated heterocycles. The third-order valence-electron chi connectivity index (χ3n) is 1.79. The molecular formula is C8H8N2O3S2. The zero-order valence-electron chi connectivity index (χ0n) is 7.76. The molecule has 80 valence electrons. The van der Waals surface area contributed by atoms with Gasteiger partial charge >= 0.3 is 0 Å². The molecule has 1 aromatic carbocycles. The zero-order valence-corrected chi connectivity index (χ0v) is 9.39. The van der Waals surface area contributed by atoms with Gasteiger partial charge in [0.15, 0.2) is 5.16 Å². The number of hydrogen-bond donors (Lipinski definition) is 2. The molecule has 0 amide bonds. The van der Waals surface area contributed by atoms with Gasteiger partial charge in [0.1, 0.15) is 0 Å². The number of benzene rings is 1. The fourth-order valence-corrected chi connectivity index (χ4v) is 1.96. The normalized spacial score (nSPS) is 11.1. The van der Waals surface area contributed by atoms with Crippen molar-refractivity contribution in [3.05, 3.63) is 18.2 Å². The summed E-state index contributed by atoms with van der Waals surface area (Å²) < 4.78 is 4.33. The number of hydrogen-bond acceptors (Lipinski definition) is 6. The second-order valence-electron chi connectivity index (χ2n) is 2.65. The number of H-pyrrole nitrogens is 1. The minimum Gasteiger partial charge on any atom is -0.333 e. The highest BCUT2D eigenvalue weighted by atomic mass is 32.2. The van der Waals surface area contributed by atoms with Crippen molar-refractivity contribution in [1.82, 2.24) is 9.97 Å². The van der Waals surface area contributed by atoms with E-state index >= 15 is 0 Å². The van der Waals surface area contributed by atoms with Gasteiger partial charge in [-0.1, -0.05) is 16.8 Å². The Balaban J connectivity index is 2.29.